The minimum absolute atomic E-state index is 0.195. The molecule has 0 fully saturated rings. The molecule has 0 bridgehead atoms. The van der Waals surface area contributed by atoms with E-state index in [2.05, 4.69) is 0 Å². The smallest absolute Gasteiger partial charge is 0.323 e. The molecule has 2 rings (SSSR count). The fraction of sp³-hybridized carbons (Fsp3) is 0.412. The van der Waals surface area contributed by atoms with Gasteiger partial charge >= 0.3 is 5.97 Å². The van der Waals surface area contributed by atoms with E-state index < -0.39 is 5.97 Å². The van der Waals surface area contributed by atoms with Crippen LogP contribution in [0.1, 0.15) is 19.4 Å². The molecule has 0 saturated heterocycles. The van der Waals surface area contributed by atoms with Crippen LogP contribution in [0, 0.1) is 5.92 Å². The maximum Gasteiger partial charge on any atom is 0.323 e. The van der Waals surface area contributed by atoms with Crippen LogP contribution in [-0.2, 0) is 9.59 Å². The average Bonchev–Trinajstić information content (AvgIpc) is 2.51. The van der Waals surface area contributed by atoms with Crippen molar-refractivity contribution in [2.24, 2.45) is 5.92 Å². The zero-order valence-corrected chi connectivity index (χ0v) is 13.3. The number of carboxylic acid groups (broad SMARTS) is 1. The van der Waals surface area contributed by atoms with E-state index in [1.165, 1.54) is 11.0 Å². The molecule has 1 aromatic rings. The number of hydrogen-bond acceptors (Lipinski definition) is 4. The fourth-order valence-corrected chi connectivity index (χ4v) is 2.27. The lowest BCUT2D eigenvalue weighted by molar-refractivity contribution is -0.143. The summed E-state index contributed by atoms with van der Waals surface area (Å²) in [6.07, 6.45) is 3.03. The molecule has 1 heterocycles. The number of nitrogens with zero attached hydrogens (tertiary/aromatic N) is 1. The highest BCUT2D eigenvalue weighted by Crippen LogP contribution is 2.31. The van der Waals surface area contributed by atoms with Gasteiger partial charge in [-0.1, -0.05) is 19.9 Å². The monoisotopic (exact) mass is 319 g/mol. The Morgan fingerprint density at radius 1 is 1.26 bits per heavy atom. The normalized spacial score (nSPS) is 13.3. The molecule has 0 aromatic heterocycles. The molecule has 0 spiro atoms. The lowest BCUT2D eigenvalue weighted by Gasteiger charge is -2.21. The Morgan fingerprint density at radius 3 is 2.61 bits per heavy atom. The van der Waals surface area contributed by atoms with Crippen molar-refractivity contribution in [3.05, 3.63) is 29.8 Å². The molecule has 0 saturated carbocycles. The highest BCUT2D eigenvalue weighted by molar-refractivity contribution is 5.93. The number of ether oxygens (including phenoxy) is 2. The number of carbonyl (C=O) groups is 2. The number of rotatable bonds is 6. The third-order valence-electron chi connectivity index (χ3n) is 3.21. The van der Waals surface area contributed by atoms with Crippen LogP contribution in [0.3, 0.4) is 0 Å². The molecule has 1 aliphatic heterocycles. The molecule has 1 aromatic carbocycles. The average molecular weight is 319 g/mol. The van der Waals surface area contributed by atoms with Crippen LogP contribution in [0.5, 0.6) is 11.5 Å². The maximum absolute atomic E-state index is 12.2. The molecular formula is C17H21NO5. The van der Waals surface area contributed by atoms with E-state index in [-0.39, 0.29) is 18.4 Å². The first-order valence-electron chi connectivity index (χ1n) is 7.54. The Balaban J connectivity index is 2.07. The second kappa shape index (κ2) is 7.67. The fourth-order valence-electron chi connectivity index (χ4n) is 2.27. The lowest BCUT2D eigenvalue weighted by atomic mass is 10.1. The Morgan fingerprint density at radius 2 is 1.96 bits per heavy atom. The van der Waals surface area contributed by atoms with Gasteiger partial charge in [-0.2, -0.15) is 0 Å². The van der Waals surface area contributed by atoms with Gasteiger partial charge in [-0.15, -0.1) is 0 Å². The van der Waals surface area contributed by atoms with E-state index in [9.17, 15) is 9.59 Å². The summed E-state index contributed by atoms with van der Waals surface area (Å²) in [5.74, 6) is 0.186. The van der Waals surface area contributed by atoms with Crippen molar-refractivity contribution in [3.8, 4) is 11.5 Å². The van der Waals surface area contributed by atoms with Gasteiger partial charge < -0.3 is 19.5 Å². The van der Waals surface area contributed by atoms with Crippen molar-refractivity contribution in [2.75, 3.05) is 26.3 Å². The largest absolute Gasteiger partial charge is 0.486 e. The summed E-state index contributed by atoms with van der Waals surface area (Å²) >= 11 is 0. The molecule has 6 heteroatoms. The van der Waals surface area contributed by atoms with Crippen LogP contribution < -0.4 is 9.47 Å². The Kier molecular flexibility index (Phi) is 5.62. The zero-order chi connectivity index (χ0) is 16.8. The molecule has 1 aliphatic rings. The summed E-state index contributed by atoms with van der Waals surface area (Å²) < 4.78 is 10.9. The van der Waals surface area contributed by atoms with Crippen molar-refractivity contribution in [2.45, 2.75) is 13.8 Å². The molecule has 6 nitrogen and oxygen atoms in total. The molecule has 0 radical (unpaired) electrons. The first-order valence-corrected chi connectivity index (χ1v) is 7.54. The zero-order valence-electron chi connectivity index (χ0n) is 13.3. The van der Waals surface area contributed by atoms with Crippen LogP contribution >= 0.6 is 0 Å². The van der Waals surface area contributed by atoms with Crippen LogP contribution in [0.25, 0.3) is 6.08 Å². The standard InChI is InChI=1S/C17H21NO5/c1-12(2)10-18(11-17(20)21)16(19)6-4-13-3-5-14-15(9-13)23-8-7-22-14/h3-6,9,12H,7-8,10-11H2,1-2H3,(H,20,21)/b6-4+. The van der Waals surface area contributed by atoms with Crippen LogP contribution in [0.15, 0.2) is 24.3 Å². The minimum Gasteiger partial charge on any atom is -0.486 e. The van der Waals surface area contributed by atoms with E-state index in [0.717, 1.165) is 5.56 Å². The second-order valence-corrected chi connectivity index (χ2v) is 5.74. The van der Waals surface area contributed by atoms with Gasteiger partial charge in [0.2, 0.25) is 5.91 Å². The van der Waals surface area contributed by atoms with Crippen LogP contribution in [0.2, 0.25) is 0 Å². The number of aliphatic carboxylic acids is 1. The Bertz CT molecular complexity index is 609. The van der Waals surface area contributed by atoms with E-state index in [1.54, 1.807) is 18.2 Å². The molecule has 0 unspecified atom stereocenters. The second-order valence-electron chi connectivity index (χ2n) is 5.74. The number of carbonyl (C=O) groups excluding carboxylic acids is 1. The first-order chi connectivity index (χ1) is 11.0. The summed E-state index contributed by atoms with van der Waals surface area (Å²) in [6, 6.07) is 5.41. The van der Waals surface area contributed by atoms with Crippen LogP contribution in [0.4, 0.5) is 0 Å². The summed E-state index contributed by atoms with van der Waals surface area (Å²) in [7, 11) is 0. The maximum atomic E-state index is 12.2. The Hall–Kier alpha value is -2.50. The van der Waals surface area contributed by atoms with Crippen molar-refractivity contribution in [1.29, 1.82) is 0 Å². The highest BCUT2D eigenvalue weighted by Gasteiger charge is 2.16. The molecule has 0 aliphatic carbocycles. The van der Waals surface area contributed by atoms with E-state index in [1.807, 2.05) is 19.9 Å². The van der Waals surface area contributed by atoms with Gasteiger partial charge in [-0.3, -0.25) is 9.59 Å². The van der Waals surface area contributed by atoms with Crippen molar-refractivity contribution < 1.29 is 24.2 Å². The summed E-state index contributed by atoms with van der Waals surface area (Å²) in [5.41, 5.74) is 0.794. The van der Waals surface area contributed by atoms with Crippen molar-refractivity contribution in [1.82, 2.24) is 4.90 Å². The lowest BCUT2D eigenvalue weighted by Crippen LogP contribution is -2.37. The summed E-state index contributed by atoms with van der Waals surface area (Å²) in [6.45, 7) is 5.00. The SMILES string of the molecule is CC(C)CN(CC(=O)O)C(=O)/C=C/c1ccc2c(c1)OCCO2. The van der Waals surface area contributed by atoms with Crippen LogP contribution in [-0.4, -0.2) is 48.2 Å². The van der Waals surface area contributed by atoms with Crippen molar-refractivity contribution in [3.63, 3.8) is 0 Å². The first kappa shape index (κ1) is 16.9. The Labute approximate surface area is 135 Å². The van der Waals surface area contributed by atoms with Gasteiger partial charge in [0.05, 0.1) is 0 Å². The predicted octanol–water partition coefficient (Wildman–Crippen LogP) is 2.04. The molecule has 23 heavy (non-hydrogen) atoms. The number of benzene rings is 1. The molecule has 1 N–H and O–H groups in total. The topological polar surface area (TPSA) is 76.1 Å². The van der Waals surface area contributed by atoms with Gasteiger partial charge in [0.15, 0.2) is 11.5 Å². The third kappa shape index (κ3) is 5.02. The number of hydrogen-bond donors (Lipinski definition) is 1. The third-order valence-corrected chi connectivity index (χ3v) is 3.21. The molecule has 0 atom stereocenters. The summed E-state index contributed by atoms with van der Waals surface area (Å²) in [5, 5.41) is 8.91. The quantitative estimate of drug-likeness (QED) is 0.812. The van der Waals surface area contributed by atoms with E-state index in [4.69, 9.17) is 14.6 Å². The highest BCUT2D eigenvalue weighted by atomic mass is 16.6. The van der Waals surface area contributed by atoms with Gasteiger partial charge in [-0.25, -0.2) is 0 Å². The van der Waals surface area contributed by atoms with E-state index >= 15 is 0 Å². The predicted molar refractivity (Wildman–Crippen MR) is 85.5 cm³/mol. The summed E-state index contributed by atoms with van der Waals surface area (Å²) in [4.78, 5) is 24.4. The molecular weight excluding hydrogens is 298 g/mol. The number of fused-ring (bicyclic) bond motifs is 1. The molecule has 124 valence electrons. The number of carboxylic acids is 1. The van der Waals surface area contributed by atoms with Gasteiger partial charge in [0, 0.05) is 12.6 Å². The molecule has 1 amide bonds. The van der Waals surface area contributed by atoms with Gasteiger partial charge in [0.1, 0.15) is 19.8 Å². The van der Waals surface area contributed by atoms with Gasteiger partial charge in [0.25, 0.3) is 0 Å². The van der Waals surface area contributed by atoms with Crippen molar-refractivity contribution >= 4 is 18.0 Å². The minimum atomic E-state index is -1.02. The van der Waals surface area contributed by atoms with Gasteiger partial charge in [-0.05, 0) is 29.7 Å². The number of amides is 1. The van der Waals surface area contributed by atoms with E-state index in [0.29, 0.717) is 31.3 Å².